The maximum absolute atomic E-state index is 14.5. The third-order valence-corrected chi connectivity index (χ3v) is 10.8. The first kappa shape index (κ1) is 28.5. The van der Waals surface area contributed by atoms with Gasteiger partial charge >= 0.3 is 5.97 Å². The van der Waals surface area contributed by atoms with Crippen LogP contribution < -0.4 is 11.1 Å². The first-order valence-corrected chi connectivity index (χ1v) is 16.6. The predicted molar refractivity (Wildman–Crippen MR) is 167 cm³/mol. The fourth-order valence-electron chi connectivity index (χ4n) is 9.22. The van der Waals surface area contributed by atoms with Crippen LogP contribution in [-0.2, 0) is 16.1 Å². The van der Waals surface area contributed by atoms with Crippen LogP contribution in [0.4, 0.5) is 0 Å². The number of pyridine rings is 1. The Kier molecular flexibility index (Phi) is 7.97. The van der Waals surface area contributed by atoms with Gasteiger partial charge in [-0.2, -0.15) is 0 Å². The summed E-state index contributed by atoms with van der Waals surface area (Å²) in [6.07, 6.45) is 15.3. The standard InChI is InChI=1S/C35H44N4O4/c1-2-43-33(41)22-37-31(15-8-16-32(37)40)34-35(42)39(30-14-6-5-13-29(30)36-34)28-20-25-11-7-12-26(21-28)38(25)27-18-23-9-3-4-10-24(17-23)19-27/h5-6,8,13-16,23-28H,2-4,7,9-12,17-22H2,1H3/t23-,24+,25-,26+,27-,28-. The summed E-state index contributed by atoms with van der Waals surface area (Å²) in [4.78, 5) is 47.6. The molecule has 2 aliphatic carbocycles. The van der Waals surface area contributed by atoms with Crippen LogP contribution in [0.3, 0.4) is 0 Å². The highest BCUT2D eigenvalue weighted by atomic mass is 16.5. The van der Waals surface area contributed by atoms with Gasteiger partial charge in [0.1, 0.15) is 6.54 Å². The number of ether oxygens (including phenoxy) is 1. The Morgan fingerprint density at radius 2 is 1.53 bits per heavy atom. The molecule has 2 aromatic heterocycles. The molecule has 0 N–H and O–H groups in total. The van der Waals surface area contributed by atoms with Crippen molar-refractivity contribution < 1.29 is 9.53 Å². The van der Waals surface area contributed by atoms with Gasteiger partial charge in [-0.15, -0.1) is 0 Å². The summed E-state index contributed by atoms with van der Waals surface area (Å²) < 4.78 is 8.44. The van der Waals surface area contributed by atoms with Gasteiger partial charge in [0.25, 0.3) is 11.1 Å². The smallest absolute Gasteiger partial charge is 0.326 e. The van der Waals surface area contributed by atoms with Crippen molar-refractivity contribution in [3.05, 3.63) is 63.2 Å². The number of para-hydroxylation sites is 2. The Bertz CT molecular complexity index is 1580. The van der Waals surface area contributed by atoms with E-state index in [-0.39, 0.29) is 36.0 Å². The highest BCUT2D eigenvalue weighted by molar-refractivity contribution is 5.78. The van der Waals surface area contributed by atoms with Crippen LogP contribution in [-0.4, -0.2) is 49.7 Å². The molecule has 0 radical (unpaired) electrons. The Hall–Kier alpha value is -3.26. The molecule has 8 nitrogen and oxygen atoms in total. The number of nitrogens with zero attached hydrogens (tertiary/aromatic N) is 4. The van der Waals surface area contributed by atoms with E-state index in [0.29, 0.717) is 23.8 Å². The molecule has 228 valence electrons. The van der Waals surface area contributed by atoms with Crippen molar-refractivity contribution in [2.45, 2.75) is 115 Å². The van der Waals surface area contributed by atoms with E-state index in [1.54, 1.807) is 19.1 Å². The Balaban J connectivity index is 1.26. The van der Waals surface area contributed by atoms with Crippen LogP contribution in [0.25, 0.3) is 22.4 Å². The molecule has 2 aliphatic heterocycles. The molecule has 6 atom stereocenters. The Morgan fingerprint density at radius 3 is 2.26 bits per heavy atom. The van der Waals surface area contributed by atoms with E-state index in [0.717, 1.165) is 35.7 Å². The second-order valence-electron chi connectivity index (χ2n) is 13.5. The highest BCUT2D eigenvalue weighted by Crippen LogP contribution is 2.47. The maximum atomic E-state index is 14.5. The van der Waals surface area contributed by atoms with Crippen molar-refractivity contribution in [2.24, 2.45) is 11.8 Å². The van der Waals surface area contributed by atoms with Gasteiger partial charge < -0.3 is 9.30 Å². The van der Waals surface area contributed by atoms with Crippen LogP contribution in [0.1, 0.15) is 90.0 Å². The second-order valence-corrected chi connectivity index (χ2v) is 13.5. The molecule has 4 bridgehead atoms. The summed E-state index contributed by atoms with van der Waals surface area (Å²) in [7, 11) is 0. The number of aromatic nitrogens is 3. The number of fused-ring (bicyclic) bond motifs is 5. The summed E-state index contributed by atoms with van der Waals surface area (Å²) in [5.74, 6) is 1.26. The lowest BCUT2D eigenvalue weighted by atomic mass is 9.73. The summed E-state index contributed by atoms with van der Waals surface area (Å²) >= 11 is 0. The monoisotopic (exact) mass is 584 g/mol. The predicted octanol–water partition coefficient (Wildman–Crippen LogP) is 5.71. The van der Waals surface area contributed by atoms with Crippen molar-refractivity contribution in [3.63, 3.8) is 0 Å². The van der Waals surface area contributed by atoms with Gasteiger partial charge in [-0.05, 0) is 81.9 Å². The average molecular weight is 585 g/mol. The van der Waals surface area contributed by atoms with Crippen molar-refractivity contribution in [2.75, 3.05) is 6.61 Å². The number of hydrogen-bond donors (Lipinski definition) is 0. The number of carbonyl (C=O) groups is 1. The molecular weight excluding hydrogens is 540 g/mol. The van der Waals surface area contributed by atoms with Gasteiger partial charge in [-0.3, -0.25) is 23.9 Å². The number of carbonyl (C=O) groups excluding carboxylic acids is 1. The van der Waals surface area contributed by atoms with E-state index in [2.05, 4.69) is 4.90 Å². The molecule has 0 spiro atoms. The molecule has 4 fully saturated rings. The minimum absolute atomic E-state index is 0.0607. The molecule has 4 heterocycles. The number of benzene rings is 1. The molecule has 2 saturated heterocycles. The lowest BCUT2D eigenvalue weighted by molar-refractivity contribution is -0.143. The fourth-order valence-corrected chi connectivity index (χ4v) is 9.22. The number of piperidine rings is 2. The van der Waals surface area contributed by atoms with E-state index >= 15 is 0 Å². The Labute approximate surface area is 253 Å². The normalized spacial score (nSPS) is 29.2. The largest absolute Gasteiger partial charge is 0.465 e. The van der Waals surface area contributed by atoms with Crippen molar-refractivity contribution in [1.29, 1.82) is 0 Å². The van der Waals surface area contributed by atoms with Crippen molar-refractivity contribution in [1.82, 2.24) is 19.0 Å². The van der Waals surface area contributed by atoms with Crippen molar-refractivity contribution >= 4 is 17.0 Å². The van der Waals surface area contributed by atoms with Gasteiger partial charge in [0.15, 0.2) is 5.69 Å². The number of esters is 1. The highest BCUT2D eigenvalue weighted by Gasteiger charge is 2.45. The van der Waals surface area contributed by atoms with E-state index < -0.39 is 5.97 Å². The lowest BCUT2D eigenvalue weighted by Crippen LogP contribution is -2.58. The quantitative estimate of drug-likeness (QED) is 0.345. The molecule has 0 amide bonds. The molecule has 7 rings (SSSR count). The maximum Gasteiger partial charge on any atom is 0.326 e. The molecule has 3 aromatic rings. The third kappa shape index (κ3) is 5.47. The third-order valence-electron chi connectivity index (χ3n) is 10.8. The topological polar surface area (TPSA) is 86.4 Å². The summed E-state index contributed by atoms with van der Waals surface area (Å²) in [6.45, 7) is 1.70. The van der Waals surface area contributed by atoms with Gasteiger partial charge in [0.2, 0.25) is 0 Å². The van der Waals surface area contributed by atoms with Gasteiger partial charge in [-0.25, -0.2) is 4.98 Å². The van der Waals surface area contributed by atoms with E-state index in [9.17, 15) is 14.4 Å². The first-order chi connectivity index (χ1) is 21.0. The van der Waals surface area contributed by atoms with Gasteiger partial charge in [-0.1, -0.05) is 50.3 Å². The zero-order valence-corrected chi connectivity index (χ0v) is 25.3. The zero-order valence-electron chi connectivity index (χ0n) is 25.3. The van der Waals surface area contributed by atoms with Gasteiger partial charge in [0, 0.05) is 30.2 Å². The van der Waals surface area contributed by atoms with Crippen LogP contribution in [0, 0.1) is 11.8 Å². The van der Waals surface area contributed by atoms with Crippen LogP contribution >= 0.6 is 0 Å². The molecule has 2 saturated carbocycles. The van der Waals surface area contributed by atoms with E-state index in [1.807, 2.05) is 28.8 Å². The van der Waals surface area contributed by atoms with Crippen LogP contribution in [0.5, 0.6) is 0 Å². The van der Waals surface area contributed by atoms with E-state index in [1.165, 1.54) is 74.8 Å². The summed E-state index contributed by atoms with van der Waals surface area (Å²) in [6, 6.07) is 14.3. The molecular formula is C35H44N4O4. The van der Waals surface area contributed by atoms with Crippen LogP contribution in [0.2, 0.25) is 0 Å². The Morgan fingerprint density at radius 1 is 0.814 bits per heavy atom. The van der Waals surface area contributed by atoms with Gasteiger partial charge in [0.05, 0.1) is 23.3 Å². The second kappa shape index (κ2) is 12.0. The zero-order chi connectivity index (χ0) is 29.5. The molecule has 8 heteroatoms. The number of hydrogen-bond acceptors (Lipinski definition) is 6. The van der Waals surface area contributed by atoms with Crippen LogP contribution in [0.15, 0.2) is 52.1 Å². The lowest BCUT2D eigenvalue weighted by Gasteiger charge is -2.54. The fraction of sp³-hybridized carbons (Fsp3) is 0.600. The minimum Gasteiger partial charge on any atom is -0.465 e. The summed E-state index contributed by atoms with van der Waals surface area (Å²) in [5, 5.41) is 0. The number of rotatable bonds is 6. The minimum atomic E-state index is -0.513. The van der Waals surface area contributed by atoms with E-state index in [4.69, 9.17) is 9.72 Å². The molecule has 43 heavy (non-hydrogen) atoms. The molecule has 1 aromatic carbocycles. The first-order valence-electron chi connectivity index (χ1n) is 16.6. The average Bonchev–Trinajstić information content (AvgIpc) is 3.16. The summed E-state index contributed by atoms with van der Waals surface area (Å²) in [5.41, 5.74) is 1.58. The van der Waals surface area contributed by atoms with Crippen molar-refractivity contribution in [3.8, 4) is 11.4 Å². The molecule has 4 aliphatic rings. The SMILES string of the molecule is CCOC(=O)Cn1c(-c2nc3ccccc3n([C@@H]3C[C@H]4CCC[C@@H](C3)N4[C@@H]3C[C@@H]4CCCC[C@@H](C4)C3)c2=O)cccc1=O. The molecule has 0 unspecified atom stereocenters.